The third-order valence-corrected chi connectivity index (χ3v) is 4.60. The first-order valence-electron chi connectivity index (χ1n) is 7.55. The molecular formula is C18H14N4O2S. The number of nitrogens with one attached hydrogen (secondary N) is 1. The standard InChI is InChI=1S/C18H14N4O2S/c1-24-14-7-3-2-6-13(14)21-18-22-17(23)15(25-18)9-11-10-20-16-12(11)5-4-8-19-16/h2-10,23H,1H3,(H,21,22)/b11-9+. The fourth-order valence-electron chi connectivity index (χ4n) is 2.52. The first-order chi connectivity index (χ1) is 12.2. The molecule has 0 atom stereocenters. The summed E-state index contributed by atoms with van der Waals surface area (Å²) in [5.41, 5.74) is 2.62. The molecule has 1 aromatic carbocycles. The van der Waals surface area contributed by atoms with E-state index in [1.54, 1.807) is 19.5 Å². The molecule has 3 heterocycles. The Hall–Kier alpha value is -3.19. The van der Waals surface area contributed by atoms with Gasteiger partial charge < -0.3 is 15.2 Å². The van der Waals surface area contributed by atoms with Gasteiger partial charge in [0.1, 0.15) is 5.75 Å². The average Bonchev–Trinajstić information content (AvgIpc) is 3.20. The van der Waals surface area contributed by atoms with Gasteiger partial charge in [0.25, 0.3) is 0 Å². The number of methoxy groups -OCH3 is 1. The smallest absolute Gasteiger partial charge is 0.231 e. The number of para-hydroxylation sites is 2. The summed E-state index contributed by atoms with van der Waals surface area (Å²) in [5.74, 6) is 1.37. The lowest BCUT2D eigenvalue weighted by Crippen LogP contribution is -1.93. The van der Waals surface area contributed by atoms with E-state index in [0.717, 1.165) is 16.8 Å². The number of aromatic nitrogens is 2. The molecule has 1 aliphatic heterocycles. The van der Waals surface area contributed by atoms with Crippen LogP contribution in [0.25, 0.3) is 11.6 Å². The SMILES string of the molecule is COc1ccccc1Nc1nc(O)c(/C=C2\C=Nc3ncccc32)s1. The number of thiazole rings is 1. The quantitative estimate of drug-likeness (QED) is 0.735. The fraction of sp³-hybridized carbons (Fsp3) is 0.0556. The molecule has 0 bridgehead atoms. The monoisotopic (exact) mass is 350 g/mol. The van der Waals surface area contributed by atoms with Crippen LogP contribution < -0.4 is 10.1 Å². The summed E-state index contributed by atoms with van der Waals surface area (Å²) in [6.07, 6.45) is 5.31. The number of rotatable bonds is 4. The van der Waals surface area contributed by atoms with E-state index < -0.39 is 0 Å². The molecule has 0 aliphatic carbocycles. The van der Waals surface area contributed by atoms with Crippen molar-refractivity contribution in [2.45, 2.75) is 0 Å². The minimum Gasteiger partial charge on any atom is -0.495 e. The maximum Gasteiger partial charge on any atom is 0.231 e. The van der Waals surface area contributed by atoms with Crippen molar-refractivity contribution >= 4 is 45.8 Å². The second-order valence-corrected chi connectivity index (χ2v) is 6.30. The van der Waals surface area contributed by atoms with Crippen LogP contribution in [0.15, 0.2) is 47.6 Å². The van der Waals surface area contributed by atoms with Crippen molar-refractivity contribution in [2.75, 3.05) is 12.4 Å². The Kier molecular flexibility index (Phi) is 3.91. The zero-order chi connectivity index (χ0) is 17.2. The summed E-state index contributed by atoms with van der Waals surface area (Å²) in [6, 6.07) is 11.4. The summed E-state index contributed by atoms with van der Waals surface area (Å²) in [4.78, 5) is 13.3. The second-order valence-electron chi connectivity index (χ2n) is 5.26. The molecule has 0 amide bonds. The summed E-state index contributed by atoms with van der Waals surface area (Å²) in [7, 11) is 1.61. The van der Waals surface area contributed by atoms with Crippen LogP contribution in [0.4, 0.5) is 16.6 Å². The van der Waals surface area contributed by atoms with Crippen molar-refractivity contribution in [3.8, 4) is 11.6 Å². The predicted octanol–water partition coefficient (Wildman–Crippen LogP) is 4.25. The van der Waals surface area contributed by atoms with Crippen LogP contribution in [-0.2, 0) is 0 Å². The van der Waals surface area contributed by atoms with Gasteiger partial charge in [-0.15, -0.1) is 0 Å². The van der Waals surface area contributed by atoms with Crippen molar-refractivity contribution in [2.24, 2.45) is 4.99 Å². The Balaban J connectivity index is 1.64. The Morgan fingerprint density at radius 3 is 2.96 bits per heavy atom. The van der Waals surface area contributed by atoms with Crippen molar-refractivity contribution < 1.29 is 9.84 Å². The van der Waals surface area contributed by atoms with E-state index in [9.17, 15) is 5.11 Å². The van der Waals surface area contributed by atoms with E-state index in [1.807, 2.05) is 42.5 Å². The predicted molar refractivity (Wildman–Crippen MR) is 100 cm³/mol. The van der Waals surface area contributed by atoms with Crippen LogP contribution in [-0.4, -0.2) is 28.4 Å². The Bertz CT molecular complexity index is 994. The number of allylic oxidation sites excluding steroid dienone is 1. The van der Waals surface area contributed by atoms with Crippen LogP contribution in [0.1, 0.15) is 10.4 Å². The van der Waals surface area contributed by atoms with Gasteiger partial charge in [-0.05, 0) is 30.3 Å². The highest BCUT2D eigenvalue weighted by molar-refractivity contribution is 7.16. The number of fused-ring (bicyclic) bond motifs is 1. The lowest BCUT2D eigenvalue weighted by atomic mass is 10.1. The number of benzene rings is 1. The molecule has 6 nitrogen and oxygen atoms in total. The molecule has 2 N–H and O–H groups in total. The van der Waals surface area contributed by atoms with Gasteiger partial charge in [0.05, 0.1) is 17.7 Å². The van der Waals surface area contributed by atoms with Gasteiger partial charge in [-0.25, -0.2) is 9.98 Å². The van der Waals surface area contributed by atoms with Crippen LogP contribution >= 0.6 is 11.3 Å². The van der Waals surface area contributed by atoms with Gasteiger partial charge in [0.2, 0.25) is 5.88 Å². The molecule has 1 aliphatic rings. The maximum absolute atomic E-state index is 10.2. The third-order valence-electron chi connectivity index (χ3n) is 3.69. The molecule has 7 heteroatoms. The first kappa shape index (κ1) is 15.3. The van der Waals surface area contributed by atoms with Gasteiger partial charge in [-0.3, -0.25) is 0 Å². The second kappa shape index (κ2) is 6.37. The molecule has 0 fully saturated rings. The van der Waals surface area contributed by atoms with E-state index >= 15 is 0 Å². The summed E-state index contributed by atoms with van der Waals surface area (Å²) in [5, 5.41) is 13.9. The molecule has 0 saturated heterocycles. The maximum atomic E-state index is 10.2. The molecule has 124 valence electrons. The van der Waals surface area contributed by atoms with Gasteiger partial charge >= 0.3 is 0 Å². The third kappa shape index (κ3) is 2.97. The Morgan fingerprint density at radius 2 is 2.08 bits per heavy atom. The average molecular weight is 350 g/mol. The number of aromatic hydroxyl groups is 1. The topological polar surface area (TPSA) is 79.6 Å². The Labute approximate surface area is 148 Å². The largest absolute Gasteiger partial charge is 0.495 e. The van der Waals surface area contributed by atoms with Crippen LogP contribution in [0.5, 0.6) is 11.6 Å². The van der Waals surface area contributed by atoms with Gasteiger partial charge in [-0.2, -0.15) is 4.98 Å². The molecular weight excluding hydrogens is 336 g/mol. The minimum absolute atomic E-state index is 0.0272. The number of ether oxygens (including phenoxy) is 1. The van der Waals surface area contributed by atoms with Crippen molar-refractivity contribution in [1.29, 1.82) is 0 Å². The molecule has 4 rings (SSSR count). The number of hydrogen-bond acceptors (Lipinski definition) is 7. The van der Waals surface area contributed by atoms with Crippen LogP contribution in [0.2, 0.25) is 0 Å². The van der Waals surface area contributed by atoms with E-state index in [2.05, 4.69) is 20.3 Å². The van der Waals surface area contributed by atoms with Crippen LogP contribution in [0.3, 0.4) is 0 Å². The number of anilines is 2. The summed E-state index contributed by atoms with van der Waals surface area (Å²) >= 11 is 1.35. The van der Waals surface area contributed by atoms with E-state index in [4.69, 9.17) is 4.74 Å². The lowest BCUT2D eigenvalue weighted by Gasteiger charge is -2.07. The normalized spacial score (nSPS) is 13.9. The molecule has 0 spiro atoms. The summed E-state index contributed by atoms with van der Waals surface area (Å²) < 4.78 is 5.32. The highest BCUT2D eigenvalue weighted by Crippen LogP contribution is 2.37. The number of hydrogen-bond donors (Lipinski definition) is 2. The molecule has 2 aromatic heterocycles. The van der Waals surface area contributed by atoms with Crippen molar-refractivity contribution in [3.63, 3.8) is 0 Å². The number of aliphatic imine (C=N–C) groups is 1. The summed E-state index contributed by atoms with van der Waals surface area (Å²) in [6.45, 7) is 0. The first-order valence-corrected chi connectivity index (χ1v) is 8.37. The Morgan fingerprint density at radius 1 is 1.20 bits per heavy atom. The molecule has 25 heavy (non-hydrogen) atoms. The molecule has 0 saturated carbocycles. The van der Waals surface area contributed by atoms with E-state index in [1.165, 1.54) is 11.3 Å². The molecule has 0 unspecified atom stereocenters. The van der Waals surface area contributed by atoms with Gasteiger partial charge in [0.15, 0.2) is 10.9 Å². The van der Waals surface area contributed by atoms with Crippen LogP contribution in [0, 0.1) is 0 Å². The molecule has 3 aromatic rings. The zero-order valence-electron chi connectivity index (χ0n) is 13.3. The van der Waals surface area contributed by atoms with E-state index in [-0.39, 0.29) is 5.88 Å². The van der Waals surface area contributed by atoms with Gasteiger partial charge in [0, 0.05) is 23.5 Å². The van der Waals surface area contributed by atoms with E-state index in [0.29, 0.717) is 21.6 Å². The molecule has 0 radical (unpaired) electrons. The minimum atomic E-state index is -0.0272. The zero-order valence-corrected chi connectivity index (χ0v) is 14.1. The highest BCUT2D eigenvalue weighted by Gasteiger charge is 2.16. The van der Waals surface area contributed by atoms with Crippen molar-refractivity contribution in [3.05, 3.63) is 53.0 Å². The lowest BCUT2D eigenvalue weighted by molar-refractivity contribution is 0.417. The highest BCUT2D eigenvalue weighted by atomic mass is 32.1. The fourth-order valence-corrected chi connectivity index (χ4v) is 3.34. The number of pyridine rings is 1. The van der Waals surface area contributed by atoms with Gasteiger partial charge in [-0.1, -0.05) is 23.5 Å². The number of nitrogens with zero attached hydrogens (tertiary/aromatic N) is 3. The van der Waals surface area contributed by atoms with Crippen molar-refractivity contribution in [1.82, 2.24) is 9.97 Å².